The van der Waals surface area contributed by atoms with Gasteiger partial charge in [0.15, 0.2) is 0 Å². The van der Waals surface area contributed by atoms with Crippen LogP contribution in [0.1, 0.15) is 46.8 Å². The van der Waals surface area contributed by atoms with Crippen molar-refractivity contribution in [3.8, 4) is 0 Å². The minimum atomic E-state index is -0.00269. The molecule has 0 amide bonds. The molecule has 0 aliphatic heterocycles. The molecular formula is C18H22N2O. The highest BCUT2D eigenvalue weighted by molar-refractivity contribution is 5.59. The number of nitrogens with one attached hydrogen (secondary N) is 2. The number of benzene rings is 1. The SMILES string of the molecule is Cc1cc(C)c(NC2CCCc3[nH]c(=O)ccc32)c(C)c1. The highest BCUT2D eigenvalue weighted by Gasteiger charge is 2.21. The lowest BCUT2D eigenvalue weighted by Crippen LogP contribution is -2.22. The molecule has 1 aromatic heterocycles. The van der Waals surface area contributed by atoms with Crippen LogP contribution in [0.25, 0.3) is 0 Å². The second kappa shape index (κ2) is 5.40. The van der Waals surface area contributed by atoms with Crippen LogP contribution in [0.3, 0.4) is 0 Å². The van der Waals surface area contributed by atoms with Gasteiger partial charge in [-0.2, -0.15) is 0 Å². The number of hydrogen-bond donors (Lipinski definition) is 2. The van der Waals surface area contributed by atoms with E-state index >= 15 is 0 Å². The van der Waals surface area contributed by atoms with Crippen LogP contribution < -0.4 is 10.9 Å². The van der Waals surface area contributed by atoms with E-state index in [-0.39, 0.29) is 11.6 Å². The number of hydrogen-bond acceptors (Lipinski definition) is 2. The molecule has 110 valence electrons. The first-order valence-corrected chi connectivity index (χ1v) is 7.61. The topological polar surface area (TPSA) is 44.9 Å². The molecule has 1 atom stereocenters. The van der Waals surface area contributed by atoms with E-state index in [1.165, 1.54) is 27.9 Å². The fourth-order valence-corrected chi connectivity index (χ4v) is 3.43. The fourth-order valence-electron chi connectivity index (χ4n) is 3.43. The van der Waals surface area contributed by atoms with Crippen LogP contribution in [0.5, 0.6) is 0 Å². The minimum Gasteiger partial charge on any atom is -0.378 e. The maximum Gasteiger partial charge on any atom is 0.248 e. The Bertz CT molecular complexity index is 707. The number of pyridine rings is 1. The summed E-state index contributed by atoms with van der Waals surface area (Å²) in [6.07, 6.45) is 3.18. The summed E-state index contributed by atoms with van der Waals surface area (Å²) >= 11 is 0. The predicted octanol–water partition coefficient (Wildman–Crippen LogP) is 3.79. The monoisotopic (exact) mass is 282 g/mol. The number of aromatic nitrogens is 1. The van der Waals surface area contributed by atoms with Gasteiger partial charge in [0, 0.05) is 17.4 Å². The Morgan fingerprint density at radius 3 is 2.57 bits per heavy atom. The van der Waals surface area contributed by atoms with Crippen LogP contribution in [0.2, 0.25) is 0 Å². The summed E-state index contributed by atoms with van der Waals surface area (Å²) in [5.41, 5.74) is 7.41. The largest absolute Gasteiger partial charge is 0.378 e. The molecule has 0 bridgehead atoms. The van der Waals surface area contributed by atoms with Crippen molar-refractivity contribution in [2.75, 3.05) is 5.32 Å². The third kappa shape index (κ3) is 2.73. The van der Waals surface area contributed by atoms with Gasteiger partial charge >= 0.3 is 0 Å². The van der Waals surface area contributed by atoms with Crippen LogP contribution in [0, 0.1) is 20.8 Å². The Morgan fingerprint density at radius 2 is 1.86 bits per heavy atom. The van der Waals surface area contributed by atoms with Crippen molar-refractivity contribution in [1.29, 1.82) is 0 Å². The van der Waals surface area contributed by atoms with Gasteiger partial charge in [0.2, 0.25) is 5.56 Å². The van der Waals surface area contributed by atoms with Gasteiger partial charge in [-0.15, -0.1) is 0 Å². The van der Waals surface area contributed by atoms with E-state index in [0.717, 1.165) is 25.0 Å². The lowest BCUT2D eigenvalue weighted by Gasteiger charge is -2.28. The maximum atomic E-state index is 11.5. The standard InChI is InChI=1S/C18H22N2O/c1-11-9-12(2)18(13(3)10-11)20-16-6-4-5-15-14(16)7-8-17(21)19-15/h7-10,16,20H,4-6H2,1-3H3,(H,19,21). The molecule has 1 aliphatic carbocycles. The van der Waals surface area contributed by atoms with E-state index in [1.54, 1.807) is 6.07 Å². The summed E-state index contributed by atoms with van der Waals surface area (Å²) in [6.45, 7) is 6.43. The van der Waals surface area contributed by atoms with Gasteiger partial charge in [-0.1, -0.05) is 17.7 Å². The zero-order chi connectivity index (χ0) is 15.0. The molecule has 0 saturated heterocycles. The highest BCUT2D eigenvalue weighted by Crippen LogP contribution is 2.33. The van der Waals surface area contributed by atoms with Gasteiger partial charge < -0.3 is 10.3 Å². The van der Waals surface area contributed by atoms with Crippen LogP contribution in [-0.2, 0) is 6.42 Å². The average Bonchev–Trinajstić information content (AvgIpc) is 2.42. The molecule has 0 saturated carbocycles. The normalized spacial score (nSPS) is 17.4. The molecule has 0 fully saturated rings. The van der Waals surface area contributed by atoms with Crippen molar-refractivity contribution < 1.29 is 0 Å². The van der Waals surface area contributed by atoms with Crippen LogP contribution in [-0.4, -0.2) is 4.98 Å². The molecular weight excluding hydrogens is 260 g/mol. The molecule has 2 N–H and O–H groups in total. The van der Waals surface area contributed by atoms with Crippen LogP contribution in [0.15, 0.2) is 29.1 Å². The molecule has 1 unspecified atom stereocenters. The van der Waals surface area contributed by atoms with Gasteiger partial charge in [0.25, 0.3) is 0 Å². The first kappa shape index (κ1) is 13.9. The van der Waals surface area contributed by atoms with Crippen molar-refractivity contribution in [3.05, 3.63) is 62.6 Å². The molecule has 2 aromatic rings. The van der Waals surface area contributed by atoms with E-state index in [1.807, 2.05) is 6.07 Å². The van der Waals surface area contributed by atoms with E-state index in [4.69, 9.17) is 0 Å². The quantitative estimate of drug-likeness (QED) is 0.880. The van der Waals surface area contributed by atoms with Gasteiger partial charge in [-0.25, -0.2) is 0 Å². The van der Waals surface area contributed by atoms with Crippen LogP contribution in [0.4, 0.5) is 5.69 Å². The molecule has 0 radical (unpaired) electrons. The smallest absolute Gasteiger partial charge is 0.248 e. The minimum absolute atomic E-state index is 0.00269. The Balaban J connectivity index is 1.96. The fraction of sp³-hybridized carbons (Fsp3) is 0.389. The van der Waals surface area contributed by atoms with E-state index < -0.39 is 0 Å². The van der Waals surface area contributed by atoms with Crippen molar-refractivity contribution >= 4 is 5.69 Å². The van der Waals surface area contributed by atoms with Crippen molar-refractivity contribution in [1.82, 2.24) is 4.98 Å². The second-order valence-corrected chi connectivity index (χ2v) is 6.12. The molecule has 3 nitrogen and oxygen atoms in total. The number of rotatable bonds is 2. The summed E-state index contributed by atoms with van der Waals surface area (Å²) < 4.78 is 0. The van der Waals surface area contributed by atoms with Gasteiger partial charge in [0.05, 0.1) is 6.04 Å². The molecule has 3 rings (SSSR count). The lowest BCUT2D eigenvalue weighted by atomic mass is 9.90. The molecule has 1 aliphatic rings. The average molecular weight is 282 g/mol. The second-order valence-electron chi connectivity index (χ2n) is 6.12. The zero-order valence-electron chi connectivity index (χ0n) is 12.9. The Morgan fingerprint density at radius 1 is 1.14 bits per heavy atom. The van der Waals surface area contributed by atoms with E-state index in [9.17, 15) is 4.79 Å². The number of anilines is 1. The zero-order valence-corrected chi connectivity index (χ0v) is 12.9. The van der Waals surface area contributed by atoms with Crippen LogP contribution >= 0.6 is 0 Å². The maximum absolute atomic E-state index is 11.5. The summed E-state index contributed by atoms with van der Waals surface area (Å²) in [5.74, 6) is 0. The Hall–Kier alpha value is -2.03. The van der Waals surface area contributed by atoms with E-state index in [2.05, 4.69) is 43.2 Å². The molecule has 21 heavy (non-hydrogen) atoms. The third-order valence-electron chi connectivity index (χ3n) is 4.33. The Kier molecular flexibility index (Phi) is 3.58. The number of aryl methyl sites for hydroxylation is 4. The molecule has 1 aromatic carbocycles. The van der Waals surface area contributed by atoms with Gasteiger partial charge in [-0.3, -0.25) is 4.79 Å². The number of fused-ring (bicyclic) bond motifs is 1. The third-order valence-corrected chi connectivity index (χ3v) is 4.33. The number of H-pyrrole nitrogens is 1. The summed E-state index contributed by atoms with van der Waals surface area (Å²) in [6, 6.07) is 8.32. The van der Waals surface area contributed by atoms with Gasteiger partial charge in [-0.05, 0) is 62.8 Å². The van der Waals surface area contributed by atoms with Crippen molar-refractivity contribution in [3.63, 3.8) is 0 Å². The summed E-state index contributed by atoms with van der Waals surface area (Å²) in [7, 11) is 0. The van der Waals surface area contributed by atoms with Crippen molar-refractivity contribution in [2.24, 2.45) is 0 Å². The lowest BCUT2D eigenvalue weighted by molar-refractivity contribution is 0.586. The summed E-state index contributed by atoms with van der Waals surface area (Å²) in [5, 5.41) is 3.70. The first-order chi connectivity index (χ1) is 10.0. The first-order valence-electron chi connectivity index (χ1n) is 7.61. The Labute approximate surface area is 125 Å². The molecule has 1 heterocycles. The summed E-state index contributed by atoms with van der Waals surface area (Å²) in [4.78, 5) is 14.5. The molecule has 0 spiro atoms. The predicted molar refractivity (Wildman–Crippen MR) is 87.0 cm³/mol. The van der Waals surface area contributed by atoms with E-state index in [0.29, 0.717) is 0 Å². The van der Waals surface area contributed by atoms with Gasteiger partial charge in [0.1, 0.15) is 0 Å². The number of aromatic amines is 1. The van der Waals surface area contributed by atoms with Crippen molar-refractivity contribution in [2.45, 2.75) is 46.1 Å². The molecule has 3 heteroatoms. The highest BCUT2D eigenvalue weighted by atomic mass is 16.1.